The van der Waals surface area contributed by atoms with Gasteiger partial charge >= 0.3 is 0 Å². The molecule has 2 atom stereocenters. The first kappa shape index (κ1) is 18.2. The van der Waals surface area contributed by atoms with E-state index >= 15 is 0 Å². The maximum Gasteiger partial charge on any atom is 0.194 e. The summed E-state index contributed by atoms with van der Waals surface area (Å²) in [4.78, 5) is 9.82. The fourth-order valence-electron chi connectivity index (χ4n) is 4.03. The van der Waals surface area contributed by atoms with Crippen molar-refractivity contribution in [3.63, 3.8) is 0 Å². The van der Waals surface area contributed by atoms with E-state index in [1.54, 1.807) is 6.26 Å². The normalized spacial score (nSPS) is 26.0. The number of aliphatic imine (C=N–C) groups is 1. The third-order valence-corrected chi connectivity index (χ3v) is 5.43. The van der Waals surface area contributed by atoms with E-state index in [4.69, 9.17) is 9.52 Å². The molecule has 0 aromatic carbocycles. The van der Waals surface area contributed by atoms with Gasteiger partial charge in [0.15, 0.2) is 5.96 Å². The van der Waals surface area contributed by atoms with Crippen LogP contribution >= 0.6 is 0 Å². The van der Waals surface area contributed by atoms with Crippen LogP contribution < -0.4 is 5.32 Å². The molecule has 2 fully saturated rings. The van der Waals surface area contributed by atoms with E-state index in [-0.39, 0.29) is 0 Å². The largest absolute Gasteiger partial charge is 0.364 e. The Morgan fingerprint density at radius 2 is 2.16 bits per heavy atom. The van der Waals surface area contributed by atoms with Crippen LogP contribution in [0.25, 0.3) is 0 Å². The summed E-state index contributed by atoms with van der Waals surface area (Å²) in [7, 11) is 0. The first-order chi connectivity index (χ1) is 12.2. The Morgan fingerprint density at radius 1 is 1.32 bits per heavy atom. The number of piperazine rings is 1. The van der Waals surface area contributed by atoms with E-state index in [1.807, 2.05) is 6.07 Å². The van der Waals surface area contributed by atoms with Gasteiger partial charge in [-0.2, -0.15) is 0 Å². The summed E-state index contributed by atoms with van der Waals surface area (Å²) >= 11 is 0. The van der Waals surface area contributed by atoms with Gasteiger partial charge in [-0.1, -0.05) is 24.9 Å². The predicted octanol–water partition coefficient (Wildman–Crippen LogP) is 2.58. The van der Waals surface area contributed by atoms with Crippen LogP contribution in [0.4, 0.5) is 0 Å². The minimum Gasteiger partial charge on any atom is -0.364 e. The first-order valence-electron chi connectivity index (χ1n) is 9.89. The molecule has 2 aliphatic rings. The van der Waals surface area contributed by atoms with E-state index in [0.29, 0.717) is 0 Å². The van der Waals surface area contributed by atoms with Crippen LogP contribution in [0.15, 0.2) is 21.8 Å². The molecule has 1 N–H and O–H groups in total. The van der Waals surface area contributed by atoms with Gasteiger partial charge in [-0.25, -0.2) is 0 Å². The highest BCUT2D eigenvalue weighted by Gasteiger charge is 2.22. The monoisotopic (exact) mass is 347 g/mol. The summed E-state index contributed by atoms with van der Waals surface area (Å²) in [6.45, 7) is 11.4. The van der Waals surface area contributed by atoms with Crippen molar-refractivity contribution in [1.29, 1.82) is 0 Å². The smallest absolute Gasteiger partial charge is 0.194 e. The number of nitrogens with one attached hydrogen (secondary N) is 1. The minimum atomic E-state index is 0.769. The molecule has 2 heterocycles. The van der Waals surface area contributed by atoms with Gasteiger partial charge in [-0.15, -0.1) is 0 Å². The fourth-order valence-corrected chi connectivity index (χ4v) is 4.03. The molecule has 1 aromatic heterocycles. The number of guanidine groups is 1. The molecule has 25 heavy (non-hydrogen) atoms. The van der Waals surface area contributed by atoms with Crippen molar-refractivity contribution >= 4 is 5.96 Å². The van der Waals surface area contributed by atoms with Crippen LogP contribution in [0.3, 0.4) is 0 Å². The van der Waals surface area contributed by atoms with Crippen molar-refractivity contribution in [3.05, 3.63) is 18.0 Å². The first-order valence-corrected chi connectivity index (χ1v) is 9.89. The summed E-state index contributed by atoms with van der Waals surface area (Å²) in [5, 5.41) is 7.51. The van der Waals surface area contributed by atoms with E-state index in [2.05, 4.69) is 34.1 Å². The zero-order chi connectivity index (χ0) is 17.5. The molecule has 140 valence electrons. The maximum absolute atomic E-state index is 4.98. The molecule has 1 saturated carbocycles. The highest BCUT2D eigenvalue weighted by atomic mass is 16.5. The molecule has 6 nitrogen and oxygen atoms in total. The molecule has 0 bridgehead atoms. The van der Waals surface area contributed by atoms with E-state index in [0.717, 1.165) is 69.3 Å². The molecule has 2 unspecified atom stereocenters. The Balaban J connectivity index is 1.49. The third kappa shape index (κ3) is 5.46. The van der Waals surface area contributed by atoms with Crippen molar-refractivity contribution < 1.29 is 4.52 Å². The lowest BCUT2D eigenvalue weighted by molar-refractivity contribution is 0.168. The topological polar surface area (TPSA) is 56.9 Å². The molecule has 1 aliphatic carbocycles. The summed E-state index contributed by atoms with van der Waals surface area (Å²) in [6.07, 6.45) is 7.10. The zero-order valence-electron chi connectivity index (χ0n) is 15.8. The predicted molar refractivity (Wildman–Crippen MR) is 100 cm³/mol. The Kier molecular flexibility index (Phi) is 6.73. The van der Waals surface area contributed by atoms with Crippen LogP contribution in [-0.2, 0) is 6.54 Å². The standard InChI is InChI=1S/C19H33N5O/c1-3-20-19(21-14-17-6-4-5-16(2)13-17)24-10-8-23(9-11-24)15-18-7-12-25-22-18/h7,12,16-17H,3-6,8-11,13-15H2,1-2H3,(H,20,21). The Hall–Kier alpha value is -1.56. The summed E-state index contributed by atoms with van der Waals surface area (Å²) in [5.74, 6) is 2.74. The minimum absolute atomic E-state index is 0.769. The van der Waals surface area contributed by atoms with Crippen molar-refractivity contribution in [2.24, 2.45) is 16.8 Å². The molecule has 0 spiro atoms. The van der Waals surface area contributed by atoms with Crippen LogP contribution in [-0.4, -0.2) is 60.2 Å². The molecular weight excluding hydrogens is 314 g/mol. The highest BCUT2D eigenvalue weighted by molar-refractivity contribution is 5.80. The molecule has 1 aromatic rings. The number of nitrogens with zero attached hydrogens (tertiary/aromatic N) is 4. The quantitative estimate of drug-likeness (QED) is 0.655. The number of hydrogen-bond donors (Lipinski definition) is 1. The van der Waals surface area contributed by atoms with Gasteiger partial charge in [0.1, 0.15) is 6.26 Å². The van der Waals surface area contributed by atoms with E-state index < -0.39 is 0 Å². The number of rotatable bonds is 5. The van der Waals surface area contributed by atoms with Gasteiger partial charge < -0.3 is 14.7 Å². The molecule has 1 aliphatic heterocycles. The average Bonchev–Trinajstić information content (AvgIpc) is 3.12. The summed E-state index contributed by atoms with van der Waals surface area (Å²) in [6, 6.07) is 1.95. The van der Waals surface area contributed by atoms with Crippen molar-refractivity contribution in [1.82, 2.24) is 20.3 Å². The Labute approximate surface area is 151 Å². The van der Waals surface area contributed by atoms with Gasteiger partial charge in [0, 0.05) is 51.9 Å². The second-order valence-electron chi connectivity index (χ2n) is 7.59. The molecule has 0 amide bonds. The molecule has 0 radical (unpaired) electrons. The fraction of sp³-hybridized carbons (Fsp3) is 0.789. The van der Waals surface area contributed by atoms with Crippen LogP contribution in [0.2, 0.25) is 0 Å². The Morgan fingerprint density at radius 3 is 2.84 bits per heavy atom. The van der Waals surface area contributed by atoms with Gasteiger partial charge in [0.05, 0.1) is 5.69 Å². The number of hydrogen-bond acceptors (Lipinski definition) is 4. The second-order valence-corrected chi connectivity index (χ2v) is 7.59. The average molecular weight is 348 g/mol. The van der Waals surface area contributed by atoms with E-state index in [1.165, 1.54) is 25.7 Å². The molecular formula is C19H33N5O. The van der Waals surface area contributed by atoms with Crippen molar-refractivity contribution in [2.75, 3.05) is 39.3 Å². The third-order valence-electron chi connectivity index (χ3n) is 5.43. The van der Waals surface area contributed by atoms with Crippen LogP contribution in [0, 0.1) is 11.8 Å². The van der Waals surface area contributed by atoms with Crippen LogP contribution in [0.1, 0.15) is 45.2 Å². The SMILES string of the molecule is CCNC(=NCC1CCCC(C)C1)N1CCN(Cc2ccon2)CC1. The lowest BCUT2D eigenvalue weighted by atomic mass is 9.82. The van der Waals surface area contributed by atoms with Gasteiger partial charge in [-0.05, 0) is 31.6 Å². The van der Waals surface area contributed by atoms with Crippen molar-refractivity contribution in [2.45, 2.75) is 46.1 Å². The zero-order valence-corrected chi connectivity index (χ0v) is 15.8. The highest BCUT2D eigenvalue weighted by Crippen LogP contribution is 2.28. The summed E-state index contributed by atoms with van der Waals surface area (Å²) in [5.41, 5.74) is 1.01. The lowest BCUT2D eigenvalue weighted by Crippen LogP contribution is -2.52. The summed E-state index contributed by atoms with van der Waals surface area (Å²) < 4.78 is 4.93. The Bertz CT molecular complexity index is 522. The number of aromatic nitrogens is 1. The van der Waals surface area contributed by atoms with Crippen LogP contribution in [0.5, 0.6) is 0 Å². The van der Waals surface area contributed by atoms with Gasteiger partial charge in [-0.3, -0.25) is 9.89 Å². The lowest BCUT2D eigenvalue weighted by Gasteiger charge is -2.36. The second kappa shape index (κ2) is 9.22. The van der Waals surface area contributed by atoms with Gasteiger partial charge in [0.25, 0.3) is 0 Å². The molecule has 6 heteroatoms. The van der Waals surface area contributed by atoms with Crippen molar-refractivity contribution in [3.8, 4) is 0 Å². The molecule has 1 saturated heterocycles. The van der Waals surface area contributed by atoms with E-state index in [9.17, 15) is 0 Å². The maximum atomic E-state index is 4.98. The molecule has 3 rings (SSSR count). The van der Waals surface area contributed by atoms with Gasteiger partial charge in [0.2, 0.25) is 0 Å².